The molecule has 2 aliphatic heterocycles. The number of hydrogen-bond donors (Lipinski definition) is 1. The van der Waals surface area contributed by atoms with Gasteiger partial charge in [0.15, 0.2) is 11.5 Å². The van der Waals surface area contributed by atoms with Crippen LogP contribution in [-0.4, -0.2) is 42.3 Å². The maximum absolute atomic E-state index is 12.5. The molecular weight excluding hydrogens is 350 g/mol. The van der Waals surface area contributed by atoms with Crippen molar-refractivity contribution in [2.24, 2.45) is 5.92 Å². The van der Waals surface area contributed by atoms with E-state index in [0.717, 1.165) is 37.7 Å². The fraction of sp³-hybridized carbons (Fsp3) is 0.500. The lowest BCUT2D eigenvalue weighted by atomic mass is 10.0. The van der Waals surface area contributed by atoms with E-state index in [2.05, 4.69) is 44.4 Å². The lowest BCUT2D eigenvalue weighted by molar-refractivity contribution is 0.102. The summed E-state index contributed by atoms with van der Waals surface area (Å²) in [5.41, 5.74) is 2.34. The molecule has 1 atom stereocenters. The molecule has 0 aliphatic carbocycles. The first-order chi connectivity index (χ1) is 13.7. The molecule has 2 fully saturated rings. The third kappa shape index (κ3) is 4.43. The molecule has 6 nitrogen and oxygen atoms in total. The van der Waals surface area contributed by atoms with Gasteiger partial charge in [-0.15, -0.1) is 10.2 Å². The summed E-state index contributed by atoms with van der Waals surface area (Å²) in [5.74, 6) is 1.30. The van der Waals surface area contributed by atoms with Crippen molar-refractivity contribution in [1.29, 1.82) is 0 Å². The molecular formula is C22H29N5O. The second-order valence-electron chi connectivity index (χ2n) is 8.02. The number of anilines is 3. The van der Waals surface area contributed by atoms with Crippen LogP contribution in [0.25, 0.3) is 0 Å². The Bertz CT molecular complexity index is 784. The molecule has 0 bridgehead atoms. The lowest BCUT2D eigenvalue weighted by Crippen LogP contribution is -2.35. The summed E-state index contributed by atoms with van der Waals surface area (Å²) < 4.78 is 0. The third-order valence-electron chi connectivity index (χ3n) is 5.71. The number of nitrogens with zero attached hydrogens (tertiary/aromatic N) is 4. The Balaban J connectivity index is 1.36. The first kappa shape index (κ1) is 18.7. The van der Waals surface area contributed by atoms with Gasteiger partial charge in [0.05, 0.1) is 0 Å². The van der Waals surface area contributed by atoms with Crippen molar-refractivity contribution in [3.63, 3.8) is 0 Å². The molecule has 28 heavy (non-hydrogen) atoms. The van der Waals surface area contributed by atoms with Gasteiger partial charge in [-0.2, -0.15) is 0 Å². The Morgan fingerprint density at radius 1 is 0.929 bits per heavy atom. The van der Waals surface area contributed by atoms with Gasteiger partial charge in [0.1, 0.15) is 0 Å². The lowest BCUT2D eigenvalue weighted by Gasteiger charge is -2.31. The Kier molecular flexibility index (Phi) is 5.74. The highest BCUT2D eigenvalue weighted by atomic mass is 16.1. The minimum atomic E-state index is -0.225. The van der Waals surface area contributed by atoms with Gasteiger partial charge in [0.25, 0.3) is 5.91 Å². The van der Waals surface area contributed by atoms with Crippen molar-refractivity contribution < 1.29 is 4.79 Å². The molecule has 2 aromatic rings. The van der Waals surface area contributed by atoms with Crippen molar-refractivity contribution in [2.75, 3.05) is 41.3 Å². The van der Waals surface area contributed by atoms with Crippen LogP contribution in [0.4, 0.5) is 17.2 Å². The van der Waals surface area contributed by atoms with Crippen molar-refractivity contribution >= 4 is 23.1 Å². The number of hydrogen-bond acceptors (Lipinski definition) is 5. The Hall–Kier alpha value is -2.63. The first-order valence-electron chi connectivity index (χ1n) is 10.4. The number of piperidine rings is 2. The molecule has 0 spiro atoms. The van der Waals surface area contributed by atoms with Gasteiger partial charge in [0.2, 0.25) is 0 Å². The highest BCUT2D eigenvalue weighted by Crippen LogP contribution is 2.23. The number of aromatic nitrogens is 2. The van der Waals surface area contributed by atoms with Gasteiger partial charge in [-0.25, -0.2) is 0 Å². The van der Waals surface area contributed by atoms with Gasteiger partial charge in [-0.3, -0.25) is 4.79 Å². The number of carbonyl (C=O) groups is 1. The molecule has 2 aliphatic rings. The van der Waals surface area contributed by atoms with Crippen LogP contribution < -0.4 is 15.1 Å². The van der Waals surface area contributed by atoms with E-state index < -0.39 is 0 Å². The highest BCUT2D eigenvalue weighted by molar-refractivity contribution is 6.02. The first-order valence-corrected chi connectivity index (χ1v) is 10.4. The van der Waals surface area contributed by atoms with E-state index in [1.807, 2.05) is 18.2 Å². The van der Waals surface area contributed by atoms with Crippen LogP contribution in [0.2, 0.25) is 0 Å². The predicted molar refractivity (Wildman–Crippen MR) is 113 cm³/mol. The zero-order chi connectivity index (χ0) is 19.3. The number of benzene rings is 1. The third-order valence-corrected chi connectivity index (χ3v) is 5.71. The Labute approximate surface area is 166 Å². The van der Waals surface area contributed by atoms with E-state index in [4.69, 9.17) is 0 Å². The number of carbonyl (C=O) groups excluding carboxylic acids is 1. The second-order valence-corrected chi connectivity index (χ2v) is 8.02. The normalized spacial score (nSPS) is 20.1. The van der Waals surface area contributed by atoms with E-state index in [-0.39, 0.29) is 5.91 Å². The van der Waals surface area contributed by atoms with E-state index in [1.165, 1.54) is 37.8 Å². The number of rotatable bonds is 4. The van der Waals surface area contributed by atoms with Gasteiger partial charge in [-0.05, 0) is 74.4 Å². The van der Waals surface area contributed by atoms with Crippen molar-refractivity contribution in [1.82, 2.24) is 10.2 Å². The average molecular weight is 380 g/mol. The minimum Gasteiger partial charge on any atom is -0.372 e. The summed E-state index contributed by atoms with van der Waals surface area (Å²) in [4.78, 5) is 17.2. The summed E-state index contributed by atoms with van der Waals surface area (Å²) in [7, 11) is 0. The SMILES string of the molecule is CC1CCCN(c2ccc(C(=O)Nc3ccc(N4CCCCC4)cc3)nn2)C1. The quantitative estimate of drug-likeness (QED) is 0.871. The van der Waals surface area contributed by atoms with Gasteiger partial charge >= 0.3 is 0 Å². The van der Waals surface area contributed by atoms with Crippen LogP contribution in [0.15, 0.2) is 36.4 Å². The summed E-state index contributed by atoms with van der Waals surface area (Å²) in [6.07, 6.45) is 6.27. The van der Waals surface area contributed by atoms with E-state index in [1.54, 1.807) is 6.07 Å². The average Bonchev–Trinajstić information content (AvgIpc) is 2.75. The molecule has 148 valence electrons. The van der Waals surface area contributed by atoms with Crippen LogP contribution in [0.1, 0.15) is 49.5 Å². The molecule has 1 amide bonds. The fourth-order valence-electron chi connectivity index (χ4n) is 4.12. The molecule has 0 saturated carbocycles. The number of amides is 1. The molecule has 4 rings (SSSR count). The van der Waals surface area contributed by atoms with Crippen molar-refractivity contribution in [3.05, 3.63) is 42.1 Å². The van der Waals surface area contributed by atoms with Gasteiger partial charge < -0.3 is 15.1 Å². The second kappa shape index (κ2) is 8.59. The number of nitrogens with one attached hydrogen (secondary N) is 1. The Morgan fingerprint density at radius 3 is 2.36 bits per heavy atom. The largest absolute Gasteiger partial charge is 0.372 e. The zero-order valence-corrected chi connectivity index (χ0v) is 16.6. The summed E-state index contributed by atoms with van der Waals surface area (Å²) in [5, 5.41) is 11.4. The monoisotopic (exact) mass is 379 g/mol. The molecule has 2 saturated heterocycles. The van der Waals surface area contributed by atoms with Crippen LogP contribution in [0, 0.1) is 5.92 Å². The van der Waals surface area contributed by atoms with Crippen molar-refractivity contribution in [2.45, 2.75) is 39.0 Å². The molecule has 1 N–H and O–H groups in total. The maximum Gasteiger partial charge on any atom is 0.276 e. The molecule has 6 heteroatoms. The summed E-state index contributed by atoms with van der Waals surface area (Å²) >= 11 is 0. The molecule has 1 aromatic carbocycles. The highest BCUT2D eigenvalue weighted by Gasteiger charge is 2.18. The van der Waals surface area contributed by atoms with Crippen LogP contribution in [0.3, 0.4) is 0 Å². The standard InChI is InChI=1S/C22H29N5O/c1-17-6-5-15-27(16-17)21-12-11-20(24-25-21)22(28)23-18-7-9-19(10-8-18)26-13-3-2-4-14-26/h7-12,17H,2-6,13-16H2,1H3,(H,23,28). The summed E-state index contributed by atoms with van der Waals surface area (Å²) in [6, 6.07) is 11.7. The Morgan fingerprint density at radius 2 is 1.68 bits per heavy atom. The van der Waals surface area contributed by atoms with Crippen LogP contribution in [0.5, 0.6) is 0 Å². The summed E-state index contributed by atoms with van der Waals surface area (Å²) in [6.45, 7) is 6.50. The topological polar surface area (TPSA) is 61.4 Å². The van der Waals surface area contributed by atoms with Gasteiger partial charge in [-0.1, -0.05) is 6.92 Å². The van der Waals surface area contributed by atoms with Crippen LogP contribution >= 0.6 is 0 Å². The smallest absolute Gasteiger partial charge is 0.276 e. The van der Waals surface area contributed by atoms with Crippen LogP contribution in [-0.2, 0) is 0 Å². The minimum absolute atomic E-state index is 0.225. The predicted octanol–water partition coefficient (Wildman–Crippen LogP) is 3.96. The molecule has 1 aromatic heterocycles. The molecule has 3 heterocycles. The van der Waals surface area contributed by atoms with E-state index in [9.17, 15) is 4.79 Å². The van der Waals surface area contributed by atoms with E-state index >= 15 is 0 Å². The van der Waals surface area contributed by atoms with Crippen molar-refractivity contribution in [3.8, 4) is 0 Å². The zero-order valence-electron chi connectivity index (χ0n) is 16.6. The fourth-order valence-corrected chi connectivity index (χ4v) is 4.12. The van der Waals surface area contributed by atoms with Gasteiger partial charge in [0, 0.05) is 37.6 Å². The maximum atomic E-state index is 12.5. The van der Waals surface area contributed by atoms with E-state index in [0.29, 0.717) is 11.6 Å². The molecule has 0 radical (unpaired) electrons. The molecule has 1 unspecified atom stereocenters.